The zero-order valence-electron chi connectivity index (χ0n) is 9.64. The molecule has 0 amide bonds. The van der Waals surface area contributed by atoms with Crippen molar-refractivity contribution in [2.45, 2.75) is 12.3 Å². The van der Waals surface area contributed by atoms with Gasteiger partial charge >= 0.3 is 13.8 Å². The number of hydrogen-bond acceptors (Lipinski definition) is 3. The molecule has 0 heterocycles. The third kappa shape index (κ3) is 4.33. The van der Waals surface area contributed by atoms with Crippen LogP contribution >= 0.6 is 7.60 Å². The molecular weight excluding hydrogens is 272 g/mol. The van der Waals surface area contributed by atoms with Crippen LogP contribution in [0.2, 0.25) is 0 Å². The molecule has 4 nitrogen and oxygen atoms in total. The Morgan fingerprint density at radius 1 is 1.39 bits per heavy atom. The summed E-state index contributed by atoms with van der Waals surface area (Å²) in [5.74, 6) is 0.203. The molecular formula is C10H12F3O4P. The summed E-state index contributed by atoms with van der Waals surface area (Å²) in [5.41, 5.74) is -0.294. The monoisotopic (exact) mass is 284 g/mol. The van der Waals surface area contributed by atoms with E-state index in [-0.39, 0.29) is 11.3 Å². The molecule has 8 heteroatoms. The summed E-state index contributed by atoms with van der Waals surface area (Å²) in [4.78, 5) is 8.94. The van der Waals surface area contributed by atoms with E-state index in [1.54, 1.807) is 0 Å². The molecule has 2 unspecified atom stereocenters. The Morgan fingerprint density at radius 2 is 2.00 bits per heavy atom. The first-order valence-corrected chi connectivity index (χ1v) is 6.85. The topological polar surface area (TPSA) is 55.8 Å². The molecule has 2 atom stereocenters. The van der Waals surface area contributed by atoms with Gasteiger partial charge in [-0.2, -0.15) is 13.2 Å². The predicted octanol–water partition coefficient (Wildman–Crippen LogP) is 3.13. The van der Waals surface area contributed by atoms with Gasteiger partial charge in [-0.15, -0.1) is 0 Å². The second-order valence-electron chi connectivity index (χ2n) is 3.61. The summed E-state index contributed by atoms with van der Waals surface area (Å²) < 4.78 is 58.3. The van der Waals surface area contributed by atoms with Gasteiger partial charge in [-0.25, -0.2) is 0 Å². The van der Waals surface area contributed by atoms with Crippen molar-refractivity contribution in [1.29, 1.82) is 0 Å². The molecule has 102 valence electrons. The van der Waals surface area contributed by atoms with E-state index in [4.69, 9.17) is 9.63 Å². The highest BCUT2D eigenvalue weighted by Crippen LogP contribution is 2.49. The van der Waals surface area contributed by atoms with Gasteiger partial charge in [0, 0.05) is 6.66 Å². The van der Waals surface area contributed by atoms with Crippen molar-refractivity contribution in [1.82, 2.24) is 0 Å². The van der Waals surface area contributed by atoms with Crippen molar-refractivity contribution < 1.29 is 31.9 Å². The average molecular weight is 284 g/mol. The first-order valence-electron chi connectivity index (χ1n) is 4.83. The minimum atomic E-state index is -4.79. The van der Waals surface area contributed by atoms with Crippen molar-refractivity contribution in [3.05, 3.63) is 29.8 Å². The Labute approximate surface area is 102 Å². The zero-order valence-corrected chi connectivity index (χ0v) is 10.5. The number of hydrogen-bond donors (Lipinski definition) is 1. The fourth-order valence-corrected chi connectivity index (χ4v) is 1.94. The SMILES string of the molecule is COc1cccc(C(OP(C)(=O)O)C(F)(F)F)c1. The second-order valence-corrected chi connectivity index (χ2v) is 5.42. The molecule has 0 radical (unpaired) electrons. The first kappa shape index (κ1) is 15.0. The highest BCUT2D eigenvalue weighted by atomic mass is 31.2. The minimum absolute atomic E-state index is 0.203. The van der Waals surface area contributed by atoms with E-state index in [1.165, 1.54) is 19.2 Å². The molecule has 0 saturated heterocycles. The van der Waals surface area contributed by atoms with E-state index >= 15 is 0 Å². The molecule has 0 aliphatic carbocycles. The lowest BCUT2D eigenvalue weighted by molar-refractivity contribution is -0.199. The lowest BCUT2D eigenvalue weighted by Gasteiger charge is -2.22. The molecule has 18 heavy (non-hydrogen) atoms. The number of rotatable bonds is 4. The van der Waals surface area contributed by atoms with Crippen LogP contribution in [0.1, 0.15) is 11.7 Å². The van der Waals surface area contributed by atoms with Gasteiger partial charge in [-0.05, 0) is 17.7 Å². The summed E-state index contributed by atoms with van der Waals surface area (Å²) >= 11 is 0. The predicted molar refractivity (Wildman–Crippen MR) is 58.6 cm³/mol. The summed E-state index contributed by atoms with van der Waals surface area (Å²) in [7, 11) is -2.96. The number of halogens is 3. The van der Waals surface area contributed by atoms with Crippen LogP contribution in [0.15, 0.2) is 24.3 Å². The molecule has 0 saturated carbocycles. The van der Waals surface area contributed by atoms with Crippen LogP contribution in [-0.4, -0.2) is 24.8 Å². The maximum atomic E-state index is 12.8. The molecule has 0 fully saturated rings. The Morgan fingerprint density at radius 3 is 2.44 bits per heavy atom. The van der Waals surface area contributed by atoms with Gasteiger partial charge in [0.2, 0.25) is 0 Å². The fraction of sp³-hybridized carbons (Fsp3) is 0.400. The third-order valence-corrected chi connectivity index (χ3v) is 2.60. The average Bonchev–Trinajstić information content (AvgIpc) is 2.23. The molecule has 0 aromatic heterocycles. The van der Waals surface area contributed by atoms with Crippen molar-refractivity contribution in [3.63, 3.8) is 0 Å². The van der Waals surface area contributed by atoms with Crippen molar-refractivity contribution in [2.75, 3.05) is 13.8 Å². The summed E-state index contributed by atoms with van der Waals surface area (Å²) in [5, 5.41) is 0. The molecule has 1 rings (SSSR count). The quantitative estimate of drug-likeness (QED) is 0.863. The second kappa shape index (κ2) is 5.30. The molecule has 0 aliphatic rings. The Hall–Kier alpha value is -1.04. The molecule has 1 aromatic rings. The number of ether oxygens (including phenoxy) is 1. The largest absolute Gasteiger partial charge is 0.497 e. The van der Waals surface area contributed by atoms with Crippen LogP contribution in [0, 0.1) is 0 Å². The highest BCUT2D eigenvalue weighted by molar-refractivity contribution is 7.51. The van der Waals surface area contributed by atoms with Crippen molar-refractivity contribution in [2.24, 2.45) is 0 Å². The number of methoxy groups -OCH3 is 1. The van der Waals surface area contributed by atoms with Crippen LogP contribution in [0.3, 0.4) is 0 Å². The summed E-state index contributed by atoms with van der Waals surface area (Å²) in [6.07, 6.45) is -7.26. The Bertz CT molecular complexity index is 455. The van der Waals surface area contributed by atoms with E-state index in [1.807, 2.05) is 0 Å². The lowest BCUT2D eigenvalue weighted by Crippen LogP contribution is -2.22. The van der Waals surface area contributed by atoms with Crippen LogP contribution < -0.4 is 4.74 Å². The van der Waals surface area contributed by atoms with E-state index in [2.05, 4.69) is 4.52 Å². The van der Waals surface area contributed by atoms with Gasteiger partial charge in [0.05, 0.1) is 7.11 Å². The smallest absolute Gasteiger partial charge is 0.419 e. The van der Waals surface area contributed by atoms with Crippen LogP contribution in [0.4, 0.5) is 13.2 Å². The van der Waals surface area contributed by atoms with Gasteiger partial charge in [-0.1, -0.05) is 12.1 Å². The van der Waals surface area contributed by atoms with E-state index < -0.39 is 19.9 Å². The minimum Gasteiger partial charge on any atom is -0.497 e. The van der Waals surface area contributed by atoms with E-state index in [9.17, 15) is 17.7 Å². The van der Waals surface area contributed by atoms with Gasteiger partial charge in [0.1, 0.15) is 5.75 Å². The number of alkyl halides is 3. The molecule has 0 aliphatic heterocycles. The van der Waals surface area contributed by atoms with Gasteiger partial charge in [0.15, 0.2) is 6.10 Å². The molecule has 1 aromatic carbocycles. The standard InChI is InChI=1S/C10H12F3O4P/c1-16-8-5-3-4-7(6-8)9(10(11,12)13)17-18(2,14)15/h3-6,9H,1-2H3,(H,14,15). The van der Waals surface area contributed by atoms with Crippen LogP contribution in [0.5, 0.6) is 5.75 Å². The zero-order chi connectivity index (χ0) is 14.0. The number of benzene rings is 1. The lowest BCUT2D eigenvalue weighted by atomic mass is 10.1. The van der Waals surface area contributed by atoms with E-state index in [0.717, 1.165) is 12.1 Å². The van der Waals surface area contributed by atoms with Gasteiger partial charge in [-0.3, -0.25) is 9.09 Å². The Kier molecular flexibility index (Phi) is 4.42. The fourth-order valence-electron chi connectivity index (χ4n) is 1.31. The van der Waals surface area contributed by atoms with Crippen molar-refractivity contribution in [3.8, 4) is 5.75 Å². The van der Waals surface area contributed by atoms with Crippen molar-refractivity contribution >= 4 is 7.60 Å². The van der Waals surface area contributed by atoms with E-state index in [0.29, 0.717) is 6.66 Å². The normalized spacial score (nSPS) is 17.0. The Balaban J connectivity index is 3.13. The maximum absolute atomic E-state index is 12.8. The molecule has 0 bridgehead atoms. The molecule has 0 spiro atoms. The summed E-state index contributed by atoms with van der Waals surface area (Å²) in [6.45, 7) is 0.700. The third-order valence-electron chi connectivity index (χ3n) is 1.99. The van der Waals surface area contributed by atoms with Gasteiger partial charge in [0.25, 0.3) is 0 Å². The molecule has 1 N–H and O–H groups in total. The van der Waals surface area contributed by atoms with Crippen LogP contribution in [0.25, 0.3) is 0 Å². The van der Waals surface area contributed by atoms with Crippen LogP contribution in [-0.2, 0) is 9.09 Å². The maximum Gasteiger partial charge on any atom is 0.419 e. The summed E-state index contributed by atoms with van der Waals surface area (Å²) in [6, 6.07) is 5.06. The van der Waals surface area contributed by atoms with Gasteiger partial charge < -0.3 is 9.63 Å². The highest BCUT2D eigenvalue weighted by Gasteiger charge is 2.44. The first-order chi connectivity index (χ1) is 8.13.